The number of hydrogen-bond donors (Lipinski definition) is 0. The van der Waals surface area contributed by atoms with Crippen LogP contribution < -0.4 is 9.80 Å². The molecule has 0 spiro atoms. The average molecular weight is 288 g/mol. The number of nitrogens with zero attached hydrogens (tertiary/aromatic N) is 6. The normalized spacial score (nSPS) is 18.9. The second-order valence-corrected chi connectivity index (χ2v) is 5.25. The highest BCUT2D eigenvalue weighted by Crippen LogP contribution is 2.18. The molecule has 0 saturated carbocycles. The lowest BCUT2D eigenvalue weighted by Crippen LogP contribution is -2.53. The Morgan fingerprint density at radius 2 is 1.62 bits per heavy atom. The van der Waals surface area contributed by atoms with Gasteiger partial charge < -0.3 is 9.80 Å². The van der Waals surface area contributed by atoms with Crippen LogP contribution >= 0.6 is 0 Å². The maximum atomic E-state index is 12.9. The Morgan fingerprint density at radius 3 is 2.24 bits per heavy atom. The second kappa shape index (κ2) is 5.59. The SMILES string of the molecule is Cc1cnc(N2CCN(c3ncc(F)cn3)C[C@H]2C)nc1. The molecule has 0 unspecified atom stereocenters. The van der Waals surface area contributed by atoms with E-state index in [2.05, 4.69) is 36.7 Å². The summed E-state index contributed by atoms with van der Waals surface area (Å²) in [5.74, 6) is 0.888. The van der Waals surface area contributed by atoms with Crippen LogP contribution in [0.2, 0.25) is 0 Å². The minimum atomic E-state index is -0.418. The molecule has 1 aliphatic heterocycles. The Bertz CT molecular complexity index is 600. The summed E-state index contributed by atoms with van der Waals surface area (Å²) >= 11 is 0. The van der Waals surface area contributed by atoms with Crippen molar-refractivity contribution in [2.24, 2.45) is 0 Å². The summed E-state index contributed by atoms with van der Waals surface area (Å²) in [4.78, 5) is 21.0. The van der Waals surface area contributed by atoms with E-state index in [0.29, 0.717) is 5.95 Å². The first kappa shape index (κ1) is 13.7. The largest absolute Gasteiger partial charge is 0.337 e. The molecule has 3 heterocycles. The number of piperazine rings is 1. The predicted molar refractivity (Wildman–Crippen MR) is 77.8 cm³/mol. The Labute approximate surface area is 122 Å². The van der Waals surface area contributed by atoms with Crippen LogP contribution in [0.15, 0.2) is 24.8 Å². The van der Waals surface area contributed by atoms with Gasteiger partial charge in [-0.2, -0.15) is 0 Å². The zero-order valence-electron chi connectivity index (χ0n) is 12.1. The number of rotatable bonds is 2. The number of halogens is 1. The zero-order chi connectivity index (χ0) is 14.8. The van der Waals surface area contributed by atoms with E-state index < -0.39 is 5.82 Å². The van der Waals surface area contributed by atoms with Crippen LogP contribution in [0.4, 0.5) is 16.3 Å². The van der Waals surface area contributed by atoms with E-state index in [1.54, 1.807) is 0 Å². The third-order valence-electron chi connectivity index (χ3n) is 3.54. The van der Waals surface area contributed by atoms with Crippen LogP contribution in [0.5, 0.6) is 0 Å². The fraction of sp³-hybridized carbons (Fsp3) is 0.429. The van der Waals surface area contributed by atoms with E-state index in [0.717, 1.165) is 31.1 Å². The monoisotopic (exact) mass is 288 g/mol. The third-order valence-corrected chi connectivity index (χ3v) is 3.54. The molecule has 2 aromatic heterocycles. The van der Waals surface area contributed by atoms with E-state index in [1.807, 2.05) is 19.3 Å². The molecule has 0 aromatic carbocycles. The summed E-state index contributed by atoms with van der Waals surface area (Å²) in [5.41, 5.74) is 1.05. The highest BCUT2D eigenvalue weighted by molar-refractivity contribution is 5.39. The molecular formula is C14H17FN6. The summed E-state index contributed by atoms with van der Waals surface area (Å²) in [7, 11) is 0. The Balaban J connectivity index is 1.72. The number of anilines is 2. The van der Waals surface area contributed by atoms with Gasteiger partial charge in [0, 0.05) is 38.1 Å². The Morgan fingerprint density at radius 1 is 1.00 bits per heavy atom. The smallest absolute Gasteiger partial charge is 0.225 e. The van der Waals surface area contributed by atoms with E-state index >= 15 is 0 Å². The number of aryl methyl sites for hydroxylation is 1. The molecule has 3 rings (SSSR count). The van der Waals surface area contributed by atoms with E-state index in [9.17, 15) is 4.39 Å². The summed E-state index contributed by atoms with van der Waals surface area (Å²) in [6.07, 6.45) is 6.04. The van der Waals surface area contributed by atoms with Gasteiger partial charge in [0.1, 0.15) is 0 Å². The average Bonchev–Trinajstić information content (AvgIpc) is 2.49. The lowest BCUT2D eigenvalue weighted by molar-refractivity contribution is 0.530. The highest BCUT2D eigenvalue weighted by Gasteiger charge is 2.26. The first-order valence-corrected chi connectivity index (χ1v) is 6.91. The van der Waals surface area contributed by atoms with Crippen LogP contribution in [0, 0.1) is 12.7 Å². The van der Waals surface area contributed by atoms with Crippen molar-refractivity contribution in [2.45, 2.75) is 19.9 Å². The van der Waals surface area contributed by atoms with Gasteiger partial charge in [-0.05, 0) is 19.4 Å². The molecule has 0 N–H and O–H groups in total. The van der Waals surface area contributed by atoms with Gasteiger partial charge in [-0.15, -0.1) is 0 Å². The molecular weight excluding hydrogens is 271 g/mol. The van der Waals surface area contributed by atoms with Crippen LogP contribution in [-0.2, 0) is 0 Å². The van der Waals surface area contributed by atoms with E-state index in [1.165, 1.54) is 12.4 Å². The molecule has 0 aliphatic carbocycles. The summed E-state index contributed by atoms with van der Waals surface area (Å²) < 4.78 is 12.9. The van der Waals surface area contributed by atoms with Crippen molar-refractivity contribution in [3.05, 3.63) is 36.2 Å². The first-order valence-electron chi connectivity index (χ1n) is 6.91. The van der Waals surface area contributed by atoms with Gasteiger partial charge in [0.2, 0.25) is 11.9 Å². The molecule has 0 amide bonds. The molecule has 7 heteroatoms. The van der Waals surface area contributed by atoms with Gasteiger partial charge in [-0.25, -0.2) is 24.3 Å². The predicted octanol–water partition coefficient (Wildman–Crippen LogP) is 1.43. The van der Waals surface area contributed by atoms with Gasteiger partial charge in [0.05, 0.1) is 12.4 Å². The molecule has 1 saturated heterocycles. The summed E-state index contributed by atoms with van der Waals surface area (Å²) in [5, 5.41) is 0. The Hall–Kier alpha value is -2.31. The van der Waals surface area contributed by atoms with Crippen LogP contribution in [-0.4, -0.2) is 45.6 Å². The minimum absolute atomic E-state index is 0.232. The highest BCUT2D eigenvalue weighted by atomic mass is 19.1. The minimum Gasteiger partial charge on any atom is -0.337 e. The first-order chi connectivity index (χ1) is 10.1. The maximum absolute atomic E-state index is 12.9. The molecule has 2 aromatic rings. The lowest BCUT2D eigenvalue weighted by Gasteiger charge is -2.39. The van der Waals surface area contributed by atoms with Gasteiger partial charge in [-0.1, -0.05) is 0 Å². The standard InChI is InChI=1S/C14H17FN6/c1-10-5-16-14(17-6-10)21-4-3-20(9-11(21)2)13-18-7-12(15)8-19-13/h5-8,11H,3-4,9H2,1-2H3/t11-/m1/s1. The second-order valence-electron chi connectivity index (χ2n) is 5.25. The Kier molecular flexibility index (Phi) is 3.64. The van der Waals surface area contributed by atoms with E-state index in [4.69, 9.17) is 0 Å². The molecule has 110 valence electrons. The molecule has 0 radical (unpaired) electrons. The number of hydrogen-bond acceptors (Lipinski definition) is 6. The van der Waals surface area contributed by atoms with Crippen molar-refractivity contribution >= 4 is 11.9 Å². The third kappa shape index (κ3) is 2.91. The van der Waals surface area contributed by atoms with Crippen molar-refractivity contribution in [1.82, 2.24) is 19.9 Å². The van der Waals surface area contributed by atoms with Crippen LogP contribution in [0.3, 0.4) is 0 Å². The summed E-state index contributed by atoms with van der Waals surface area (Å²) in [6.45, 7) is 6.37. The van der Waals surface area contributed by atoms with Gasteiger partial charge in [0.25, 0.3) is 0 Å². The molecule has 1 atom stereocenters. The van der Waals surface area contributed by atoms with Gasteiger partial charge in [0.15, 0.2) is 5.82 Å². The molecule has 1 aliphatic rings. The molecule has 1 fully saturated rings. The molecule has 0 bridgehead atoms. The molecule has 21 heavy (non-hydrogen) atoms. The van der Waals surface area contributed by atoms with Crippen molar-refractivity contribution in [1.29, 1.82) is 0 Å². The quantitative estimate of drug-likeness (QED) is 0.833. The fourth-order valence-electron chi connectivity index (χ4n) is 2.44. The van der Waals surface area contributed by atoms with Crippen LogP contribution in [0.25, 0.3) is 0 Å². The zero-order valence-corrected chi connectivity index (χ0v) is 12.1. The molecule has 6 nitrogen and oxygen atoms in total. The van der Waals surface area contributed by atoms with Crippen LogP contribution in [0.1, 0.15) is 12.5 Å². The lowest BCUT2D eigenvalue weighted by atomic mass is 10.2. The maximum Gasteiger partial charge on any atom is 0.225 e. The van der Waals surface area contributed by atoms with Crippen molar-refractivity contribution < 1.29 is 4.39 Å². The fourth-order valence-corrected chi connectivity index (χ4v) is 2.44. The van der Waals surface area contributed by atoms with Gasteiger partial charge in [-0.3, -0.25) is 0 Å². The topological polar surface area (TPSA) is 58.0 Å². The van der Waals surface area contributed by atoms with E-state index in [-0.39, 0.29) is 6.04 Å². The van der Waals surface area contributed by atoms with Crippen molar-refractivity contribution in [3.63, 3.8) is 0 Å². The number of aromatic nitrogens is 4. The van der Waals surface area contributed by atoms with Gasteiger partial charge >= 0.3 is 0 Å². The van der Waals surface area contributed by atoms with Crippen molar-refractivity contribution in [2.75, 3.05) is 29.4 Å². The summed E-state index contributed by atoms with van der Waals surface area (Å²) in [6, 6.07) is 0.232. The van der Waals surface area contributed by atoms with Crippen molar-refractivity contribution in [3.8, 4) is 0 Å².